The first kappa shape index (κ1) is 105. The second kappa shape index (κ2) is 78.0. The van der Waals surface area contributed by atoms with Crippen LogP contribution in [0.5, 0.6) is 0 Å². The molecule has 0 fully saturated rings. The van der Waals surface area contributed by atoms with Crippen LogP contribution in [0.4, 0.5) is 0 Å². The fourth-order valence-corrected chi connectivity index (χ4v) is 15.2. The second-order valence-corrected chi connectivity index (χ2v) is 35.5. The molecule has 19 heteroatoms. The number of aliphatic hydroxyl groups excluding tert-OH is 1. The molecule has 0 heterocycles. The summed E-state index contributed by atoms with van der Waals surface area (Å²) < 4.78 is 69.0. The molecule has 0 radical (unpaired) electrons. The molecule has 17 nitrogen and oxygen atoms in total. The first-order valence-electron chi connectivity index (χ1n) is 45.4. The Balaban J connectivity index is 5.25. The second-order valence-electron chi connectivity index (χ2n) is 32.6. The maximum Gasteiger partial charge on any atom is 0.472 e. The molecule has 0 bridgehead atoms. The van der Waals surface area contributed by atoms with Gasteiger partial charge in [0, 0.05) is 25.7 Å². The average molecular weight is 1560 g/mol. The first-order chi connectivity index (χ1) is 51.8. The van der Waals surface area contributed by atoms with E-state index in [2.05, 4.69) is 48.5 Å². The van der Waals surface area contributed by atoms with Gasteiger partial charge in [0.15, 0.2) is 12.2 Å². The van der Waals surface area contributed by atoms with Gasteiger partial charge in [-0.1, -0.05) is 414 Å². The molecule has 107 heavy (non-hydrogen) atoms. The lowest BCUT2D eigenvalue weighted by Gasteiger charge is -2.21. The average Bonchev–Trinajstić information content (AvgIpc) is 0.900. The largest absolute Gasteiger partial charge is 0.472 e. The number of rotatable bonds is 86. The van der Waals surface area contributed by atoms with Crippen LogP contribution < -0.4 is 0 Å². The molecule has 0 aromatic carbocycles. The standard InChI is InChI=1S/C88H172O17P2/c1-8-11-12-13-14-15-16-17-18-21-25-30-35-40-48-55-62-69-85(90)98-75-83(104-87(92)71-64-57-50-41-36-31-26-23-20-19-22-24-29-34-39-46-53-60-67-80(6)9-2)77-102-106(94,95)100-73-82(89)74-101-107(96,97)103-78-84(76-99-86(91)70-63-56-49-44-43-47-54-61-68-81(7)10-3)105-88(93)72-65-58-51-42-37-32-27-28-33-38-45-52-59-66-79(4)5/h79-84,89H,8-78H2,1-7H3,(H,94,95)(H,96,97)/t80?,81?,82-,83-,84-/m1/s1. The van der Waals surface area contributed by atoms with Gasteiger partial charge in [-0.3, -0.25) is 37.3 Å². The number of esters is 4. The van der Waals surface area contributed by atoms with Gasteiger partial charge in [0.1, 0.15) is 19.3 Å². The fourth-order valence-electron chi connectivity index (χ4n) is 13.7. The Morgan fingerprint density at radius 3 is 0.710 bits per heavy atom. The van der Waals surface area contributed by atoms with Crippen molar-refractivity contribution in [1.29, 1.82) is 0 Å². The summed E-state index contributed by atoms with van der Waals surface area (Å²) in [7, 11) is -9.93. The number of hydrogen-bond donors (Lipinski definition) is 3. The van der Waals surface area contributed by atoms with E-state index in [1.807, 2.05) is 0 Å². The van der Waals surface area contributed by atoms with E-state index >= 15 is 0 Å². The van der Waals surface area contributed by atoms with Crippen LogP contribution in [0.3, 0.4) is 0 Å². The minimum atomic E-state index is -4.97. The summed E-state index contributed by atoms with van der Waals surface area (Å²) in [6, 6.07) is 0. The number of phosphoric ester groups is 2. The van der Waals surface area contributed by atoms with Crippen LogP contribution in [0, 0.1) is 17.8 Å². The highest BCUT2D eigenvalue weighted by molar-refractivity contribution is 7.47. The molecule has 0 aliphatic carbocycles. The number of phosphoric acid groups is 2. The number of carbonyl (C=O) groups excluding carboxylic acids is 4. The molecule has 0 saturated heterocycles. The van der Waals surface area contributed by atoms with E-state index in [0.29, 0.717) is 25.7 Å². The van der Waals surface area contributed by atoms with E-state index in [4.69, 9.17) is 37.0 Å². The van der Waals surface area contributed by atoms with Gasteiger partial charge in [0.2, 0.25) is 0 Å². The molecule has 636 valence electrons. The van der Waals surface area contributed by atoms with Crippen molar-refractivity contribution in [3.63, 3.8) is 0 Å². The Morgan fingerprint density at radius 1 is 0.271 bits per heavy atom. The van der Waals surface area contributed by atoms with Gasteiger partial charge in [-0.25, -0.2) is 9.13 Å². The van der Waals surface area contributed by atoms with Gasteiger partial charge in [-0.15, -0.1) is 0 Å². The van der Waals surface area contributed by atoms with Gasteiger partial charge < -0.3 is 33.8 Å². The Bertz CT molecular complexity index is 2060. The first-order valence-corrected chi connectivity index (χ1v) is 48.4. The highest BCUT2D eigenvalue weighted by Crippen LogP contribution is 2.45. The van der Waals surface area contributed by atoms with Crippen LogP contribution in [0.1, 0.15) is 466 Å². The van der Waals surface area contributed by atoms with Crippen LogP contribution in [-0.2, 0) is 65.4 Å². The van der Waals surface area contributed by atoms with Crippen LogP contribution in [-0.4, -0.2) is 96.7 Å². The normalized spacial score (nSPS) is 14.3. The summed E-state index contributed by atoms with van der Waals surface area (Å²) in [5, 5.41) is 10.7. The molecule has 3 N–H and O–H groups in total. The van der Waals surface area contributed by atoms with Crippen molar-refractivity contribution in [3.05, 3.63) is 0 Å². The predicted molar refractivity (Wildman–Crippen MR) is 441 cm³/mol. The molecule has 0 amide bonds. The highest BCUT2D eigenvalue weighted by atomic mass is 31.2. The Morgan fingerprint density at radius 2 is 0.477 bits per heavy atom. The molecule has 0 aliphatic heterocycles. The molecule has 0 aromatic heterocycles. The minimum Gasteiger partial charge on any atom is -0.462 e. The van der Waals surface area contributed by atoms with Gasteiger partial charge >= 0.3 is 39.5 Å². The molecule has 4 unspecified atom stereocenters. The lowest BCUT2D eigenvalue weighted by Crippen LogP contribution is -2.30. The third-order valence-corrected chi connectivity index (χ3v) is 23.3. The number of aliphatic hydroxyl groups is 1. The zero-order chi connectivity index (χ0) is 78.6. The highest BCUT2D eigenvalue weighted by Gasteiger charge is 2.31. The van der Waals surface area contributed by atoms with E-state index in [1.165, 1.54) is 276 Å². The summed E-state index contributed by atoms with van der Waals surface area (Å²) in [6.07, 6.45) is 69.3. The van der Waals surface area contributed by atoms with E-state index < -0.39 is 97.5 Å². The van der Waals surface area contributed by atoms with Crippen molar-refractivity contribution >= 4 is 39.5 Å². The summed E-state index contributed by atoms with van der Waals surface area (Å²) >= 11 is 0. The van der Waals surface area contributed by atoms with Crippen molar-refractivity contribution in [2.75, 3.05) is 39.6 Å². The summed E-state index contributed by atoms with van der Waals surface area (Å²) in [5.41, 5.74) is 0. The van der Waals surface area contributed by atoms with Crippen LogP contribution in [0.25, 0.3) is 0 Å². The van der Waals surface area contributed by atoms with Crippen molar-refractivity contribution < 1.29 is 80.2 Å². The fraction of sp³-hybridized carbons (Fsp3) is 0.955. The lowest BCUT2D eigenvalue weighted by atomic mass is 9.99. The summed E-state index contributed by atoms with van der Waals surface area (Å²) in [6.45, 7) is 12.1. The number of ether oxygens (including phenoxy) is 4. The Kier molecular flexibility index (Phi) is 76.6. The molecule has 0 saturated carbocycles. The quantitative estimate of drug-likeness (QED) is 0.0222. The smallest absolute Gasteiger partial charge is 0.462 e. The maximum atomic E-state index is 13.2. The van der Waals surface area contributed by atoms with Crippen LogP contribution in [0.2, 0.25) is 0 Å². The molecular formula is C88H172O17P2. The molecule has 0 aromatic rings. The molecule has 7 atom stereocenters. The maximum absolute atomic E-state index is 13.2. The van der Waals surface area contributed by atoms with Crippen molar-refractivity contribution in [2.24, 2.45) is 17.8 Å². The number of hydrogen-bond acceptors (Lipinski definition) is 15. The minimum absolute atomic E-state index is 0.107. The van der Waals surface area contributed by atoms with Crippen molar-refractivity contribution in [3.8, 4) is 0 Å². The van der Waals surface area contributed by atoms with Gasteiger partial charge in [0.05, 0.1) is 26.4 Å². The van der Waals surface area contributed by atoms with E-state index in [9.17, 15) is 43.2 Å². The lowest BCUT2D eigenvalue weighted by molar-refractivity contribution is -0.161. The SMILES string of the molecule is CCCCCCCCCCCCCCCCCCCC(=O)OC[C@H](COP(=O)(O)OC[C@@H](O)COP(=O)(O)OC[C@@H](COC(=O)CCCCCCCCCCC(C)CC)OC(=O)CCCCCCCCCCCCCCCC(C)C)OC(=O)CCCCCCCCCCCCCCCCCCCCC(C)CC. The predicted octanol–water partition coefficient (Wildman–Crippen LogP) is 26.9. The zero-order valence-corrected chi connectivity index (χ0v) is 72.4. The number of unbranched alkanes of at least 4 members (excludes halogenated alkanes) is 52. The molecule has 0 spiro atoms. The zero-order valence-electron chi connectivity index (χ0n) is 70.6. The van der Waals surface area contributed by atoms with Gasteiger partial charge in [-0.05, 0) is 43.4 Å². The molecule has 0 aliphatic rings. The van der Waals surface area contributed by atoms with E-state index in [1.54, 1.807) is 0 Å². The Hall–Kier alpha value is -1.94. The topological polar surface area (TPSA) is 237 Å². The van der Waals surface area contributed by atoms with Crippen molar-refractivity contribution in [2.45, 2.75) is 484 Å². The van der Waals surface area contributed by atoms with E-state index in [-0.39, 0.29) is 25.7 Å². The van der Waals surface area contributed by atoms with Crippen LogP contribution in [0.15, 0.2) is 0 Å². The van der Waals surface area contributed by atoms with Crippen LogP contribution >= 0.6 is 15.6 Å². The molecular weight excluding hydrogens is 1390 g/mol. The monoisotopic (exact) mass is 1560 g/mol. The third-order valence-electron chi connectivity index (χ3n) is 21.4. The third kappa shape index (κ3) is 79.1. The van der Waals surface area contributed by atoms with Gasteiger partial charge in [-0.2, -0.15) is 0 Å². The summed E-state index contributed by atoms with van der Waals surface area (Å²) in [4.78, 5) is 73.3. The molecule has 0 rings (SSSR count). The summed E-state index contributed by atoms with van der Waals surface area (Å²) in [5.74, 6) is 0.333. The Labute approximate surface area is 658 Å². The number of carbonyl (C=O) groups is 4. The van der Waals surface area contributed by atoms with Crippen molar-refractivity contribution in [1.82, 2.24) is 0 Å². The van der Waals surface area contributed by atoms with E-state index in [0.717, 1.165) is 108 Å². The van der Waals surface area contributed by atoms with Gasteiger partial charge in [0.25, 0.3) is 0 Å².